The molecule has 2 aliphatic rings. The smallest absolute Gasteiger partial charge is 0.0950 e. The Bertz CT molecular complexity index is 454. The van der Waals surface area contributed by atoms with Crippen LogP contribution in [0.4, 0.5) is 5.69 Å². The van der Waals surface area contributed by atoms with Crippen LogP contribution in [0.5, 0.6) is 0 Å². The minimum atomic E-state index is 0.128. The Morgan fingerprint density at radius 3 is 2.70 bits per heavy atom. The lowest BCUT2D eigenvalue weighted by molar-refractivity contribution is 0.0277. The summed E-state index contributed by atoms with van der Waals surface area (Å²) in [5, 5.41) is 4.19. The van der Waals surface area contributed by atoms with Crippen LogP contribution < -0.4 is 10.2 Å². The number of anilines is 1. The van der Waals surface area contributed by atoms with Gasteiger partial charge in [-0.15, -0.1) is 0 Å². The number of hydrogen-bond acceptors (Lipinski definition) is 4. The summed E-state index contributed by atoms with van der Waals surface area (Å²) in [5.74, 6) is 0. The summed E-state index contributed by atoms with van der Waals surface area (Å²) in [4.78, 5) is 4.71. The SMILES string of the molecule is CN1CCN(c2ccc(C3CNCCO3)cc2Cl)CC1. The first kappa shape index (κ1) is 14.1. The highest BCUT2D eigenvalue weighted by Crippen LogP contribution is 2.31. The van der Waals surface area contributed by atoms with Crippen molar-refractivity contribution in [1.29, 1.82) is 0 Å². The first-order valence-electron chi connectivity index (χ1n) is 7.29. The fourth-order valence-corrected chi connectivity index (χ4v) is 3.12. The molecule has 2 aliphatic heterocycles. The molecule has 0 amide bonds. The molecular weight excluding hydrogens is 274 g/mol. The number of hydrogen-bond donors (Lipinski definition) is 1. The van der Waals surface area contributed by atoms with Crippen LogP contribution in [0.3, 0.4) is 0 Å². The second-order valence-electron chi connectivity index (χ2n) is 5.56. The fraction of sp³-hybridized carbons (Fsp3) is 0.600. The average molecular weight is 296 g/mol. The highest BCUT2D eigenvalue weighted by atomic mass is 35.5. The summed E-state index contributed by atoms with van der Waals surface area (Å²) in [5.41, 5.74) is 2.31. The van der Waals surface area contributed by atoms with Crippen LogP contribution in [-0.2, 0) is 4.74 Å². The van der Waals surface area contributed by atoms with E-state index in [-0.39, 0.29) is 6.10 Å². The highest BCUT2D eigenvalue weighted by molar-refractivity contribution is 6.33. The molecule has 110 valence electrons. The molecule has 0 aromatic heterocycles. The number of halogens is 1. The monoisotopic (exact) mass is 295 g/mol. The van der Waals surface area contributed by atoms with Crippen molar-refractivity contribution in [2.24, 2.45) is 0 Å². The predicted molar refractivity (Wildman–Crippen MR) is 82.7 cm³/mol. The Morgan fingerprint density at radius 1 is 1.25 bits per heavy atom. The van der Waals surface area contributed by atoms with Gasteiger partial charge in [-0.3, -0.25) is 0 Å². The number of benzene rings is 1. The zero-order valence-electron chi connectivity index (χ0n) is 11.9. The molecule has 1 aromatic rings. The molecule has 1 N–H and O–H groups in total. The van der Waals surface area contributed by atoms with Crippen molar-refractivity contribution < 1.29 is 4.74 Å². The van der Waals surface area contributed by atoms with E-state index in [4.69, 9.17) is 16.3 Å². The first-order valence-corrected chi connectivity index (χ1v) is 7.67. The highest BCUT2D eigenvalue weighted by Gasteiger charge is 2.20. The quantitative estimate of drug-likeness (QED) is 0.900. The number of nitrogens with one attached hydrogen (secondary N) is 1. The minimum Gasteiger partial charge on any atom is -0.371 e. The van der Waals surface area contributed by atoms with E-state index in [1.54, 1.807) is 0 Å². The Balaban J connectivity index is 1.73. The molecule has 0 saturated carbocycles. The summed E-state index contributed by atoms with van der Waals surface area (Å²) in [7, 11) is 2.16. The molecule has 0 aliphatic carbocycles. The van der Waals surface area contributed by atoms with E-state index < -0.39 is 0 Å². The molecule has 20 heavy (non-hydrogen) atoms. The first-order chi connectivity index (χ1) is 9.74. The number of morpholine rings is 1. The minimum absolute atomic E-state index is 0.128. The van der Waals surface area contributed by atoms with Gasteiger partial charge in [-0.05, 0) is 24.7 Å². The number of nitrogens with zero attached hydrogens (tertiary/aromatic N) is 2. The van der Waals surface area contributed by atoms with Gasteiger partial charge in [0.15, 0.2) is 0 Å². The van der Waals surface area contributed by atoms with Crippen molar-refractivity contribution in [3.05, 3.63) is 28.8 Å². The third kappa shape index (κ3) is 3.09. The van der Waals surface area contributed by atoms with E-state index in [9.17, 15) is 0 Å². The van der Waals surface area contributed by atoms with Gasteiger partial charge in [-0.1, -0.05) is 17.7 Å². The Morgan fingerprint density at radius 2 is 2.05 bits per heavy atom. The number of likely N-dealkylation sites (N-methyl/N-ethyl adjacent to an activating group) is 1. The van der Waals surface area contributed by atoms with Crippen molar-refractivity contribution in [2.75, 3.05) is 57.8 Å². The topological polar surface area (TPSA) is 27.7 Å². The Hall–Kier alpha value is -0.810. The van der Waals surface area contributed by atoms with Gasteiger partial charge in [0, 0.05) is 39.3 Å². The average Bonchev–Trinajstić information content (AvgIpc) is 2.49. The molecular formula is C15H22ClN3O. The molecule has 0 spiro atoms. The summed E-state index contributed by atoms with van der Waals surface area (Å²) in [6, 6.07) is 6.35. The molecule has 1 aromatic carbocycles. The van der Waals surface area contributed by atoms with Gasteiger partial charge in [0.25, 0.3) is 0 Å². The Labute approximate surface area is 125 Å². The van der Waals surface area contributed by atoms with Crippen molar-refractivity contribution in [2.45, 2.75) is 6.10 Å². The summed E-state index contributed by atoms with van der Waals surface area (Å²) >= 11 is 6.49. The second-order valence-corrected chi connectivity index (χ2v) is 5.97. The van der Waals surface area contributed by atoms with Gasteiger partial charge in [0.2, 0.25) is 0 Å². The number of rotatable bonds is 2. The molecule has 5 heteroatoms. The summed E-state index contributed by atoms with van der Waals surface area (Å²) in [6.07, 6.45) is 0.128. The molecule has 2 fully saturated rings. The van der Waals surface area contributed by atoms with Crippen LogP contribution in [0.1, 0.15) is 11.7 Å². The van der Waals surface area contributed by atoms with E-state index >= 15 is 0 Å². The van der Waals surface area contributed by atoms with Crippen LogP contribution in [0.2, 0.25) is 5.02 Å². The van der Waals surface area contributed by atoms with E-state index in [2.05, 4.69) is 40.4 Å². The van der Waals surface area contributed by atoms with Crippen molar-refractivity contribution >= 4 is 17.3 Å². The zero-order chi connectivity index (χ0) is 13.9. The van der Waals surface area contributed by atoms with Crippen molar-refractivity contribution in [3.63, 3.8) is 0 Å². The standard InChI is InChI=1S/C15H22ClN3O/c1-18-5-7-19(8-6-18)14-3-2-12(10-13(14)16)15-11-17-4-9-20-15/h2-3,10,15,17H,4-9,11H2,1H3. The lowest BCUT2D eigenvalue weighted by atomic mass is 10.1. The lowest BCUT2D eigenvalue weighted by Crippen LogP contribution is -2.44. The zero-order valence-corrected chi connectivity index (χ0v) is 12.7. The fourth-order valence-electron chi connectivity index (χ4n) is 2.81. The van der Waals surface area contributed by atoms with Crippen LogP contribution in [0, 0.1) is 0 Å². The van der Waals surface area contributed by atoms with Gasteiger partial charge in [0.05, 0.1) is 23.4 Å². The maximum Gasteiger partial charge on any atom is 0.0950 e. The van der Waals surface area contributed by atoms with Crippen LogP contribution >= 0.6 is 11.6 Å². The van der Waals surface area contributed by atoms with E-state index in [1.807, 2.05) is 0 Å². The van der Waals surface area contributed by atoms with Gasteiger partial charge in [-0.2, -0.15) is 0 Å². The normalized spacial score (nSPS) is 24.9. The third-order valence-corrected chi connectivity index (χ3v) is 4.42. The Kier molecular flexibility index (Phi) is 4.46. The summed E-state index contributed by atoms with van der Waals surface area (Å²) < 4.78 is 5.78. The van der Waals surface area contributed by atoms with Gasteiger partial charge in [-0.25, -0.2) is 0 Å². The van der Waals surface area contributed by atoms with E-state index in [0.29, 0.717) is 0 Å². The second kappa shape index (κ2) is 6.31. The molecule has 3 rings (SSSR count). The van der Waals surface area contributed by atoms with Crippen LogP contribution in [0.15, 0.2) is 18.2 Å². The molecule has 0 radical (unpaired) electrons. The molecule has 2 heterocycles. The van der Waals surface area contributed by atoms with Gasteiger partial charge in [0.1, 0.15) is 0 Å². The van der Waals surface area contributed by atoms with Crippen molar-refractivity contribution in [3.8, 4) is 0 Å². The van der Waals surface area contributed by atoms with Crippen molar-refractivity contribution in [1.82, 2.24) is 10.2 Å². The number of ether oxygens (including phenoxy) is 1. The van der Waals surface area contributed by atoms with Crippen LogP contribution in [-0.4, -0.2) is 57.8 Å². The third-order valence-electron chi connectivity index (χ3n) is 4.12. The largest absolute Gasteiger partial charge is 0.371 e. The predicted octanol–water partition coefficient (Wildman–Crippen LogP) is 1.75. The maximum atomic E-state index is 6.49. The molecule has 1 unspecified atom stereocenters. The number of piperazine rings is 1. The molecule has 2 saturated heterocycles. The lowest BCUT2D eigenvalue weighted by Gasteiger charge is -2.34. The molecule has 1 atom stereocenters. The molecule has 4 nitrogen and oxygen atoms in total. The summed E-state index contributed by atoms with van der Waals surface area (Å²) in [6.45, 7) is 6.83. The van der Waals surface area contributed by atoms with Gasteiger partial charge < -0.3 is 19.9 Å². The van der Waals surface area contributed by atoms with Gasteiger partial charge >= 0.3 is 0 Å². The van der Waals surface area contributed by atoms with Crippen LogP contribution in [0.25, 0.3) is 0 Å². The van der Waals surface area contributed by atoms with E-state index in [0.717, 1.165) is 56.6 Å². The molecule has 0 bridgehead atoms. The maximum absolute atomic E-state index is 6.49. The van der Waals surface area contributed by atoms with E-state index in [1.165, 1.54) is 5.56 Å².